The van der Waals surface area contributed by atoms with Crippen LogP contribution < -0.4 is 0 Å². The molecule has 0 saturated heterocycles. The highest BCUT2D eigenvalue weighted by atomic mass is 32.2. The molecule has 4 nitrogen and oxygen atoms in total. The van der Waals surface area contributed by atoms with E-state index in [0.29, 0.717) is 0 Å². The summed E-state index contributed by atoms with van der Waals surface area (Å²) in [5.74, 6) is 0. The molecular formula is C10H10F2N2O2S. The number of nitriles is 1. The molecule has 0 bridgehead atoms. The van der Waals surface area contributed by atoms with Gasteiger partial charge in [0.2, 0.25) is 10.0 Å². The summed E-state index contributed by atoms with van der Waals surface area (Å²) in [6.07, 6.45) is -2.89. The van der Waals surface area contributed by atoms with E-state index in [4.69, 9.17) is 5.26 Å². The molecular weight excluding hydrogens is 250 g/mol. The van der Waals surface area contributed by atoms with Crippen molar-refractivity contribution in [2.24, 2.45) is 0 Å². The molecule has 92 valence electrons. The molecule has 0 saturated carbocycles. The summed E-state index contributed by atoms with van der Waals surface area (Å²) in [5.41, 5.74) is -1.08. The zero-order valence-corrected chi connectivity index (χ0v) is 10.0. The second-order valence-corrected chi connectivity index (χ2v) is 5.54. The van der Waals surface area contributed by atoms with Gasteiger partial charge in [-0.15, -0.1) is 0 Å². The van der Waals surface area contributed by atoms with Gasteiger partial charge in [0, 0.05) is 19.7 Å². The van der Waals surface area contributed by atoms with Crippen LogP contribution in [0.1, 0.15) is 17.6 Å². The Morgan fingerprint density at radius 2 is 1.94 bits per heavy atom. The molecule has 0 atom stereocenters. The van der Waals surface area contributed by atoms with Crippen LogP contribution in [0.15, 0.2) is 23.1 Å². The number of nitrogens with zero attached hydrogens (tertiary/aromatic N) is 2. The molecule has 1 aromatic carbocycles. The van der Waals surface area contributed by atoms with Crippen LogP contribution in [0, 0.1) is 11.3 Å². The molecule has 0 aromatic heterocycles. The lowest BCUT2D eigenvalue weighted by atomic mass is 10.1. The number of alkyl halides is 2. The first-order valence-corrected chi connectivity index (χ1v) is 6.00. The monoisotopic (exact) mass is 260 g/mol. The summed E-state index contributed by atoms with van der Waals surface area (Å²) < 4.78 is 49.8. The Morgan fingerprint density at radius 3 is 2.35 bits per heavy atom. The highest BCUT2D eigenvalue weighted by molar-refractivity contribution is 7.89. The van der Waals surface area contributed by atoms with Crippen LogP contribution in [-0.4, -0.2) is 26.8 Å². The van der Waals surface area contributed by atoms with E-state index in [1.54, 1.807) is 0 Å². The van der Waals surface area contributed by atoms with Gasteiger partial charge in [-0.3, -0.25) is 0 Å². The van der Waals surface area contributed by atoms with Gasteiger partial charge < -0.3 is 0 Å². The van der Waals surface area contributed by atoms with Crippen LogP contribution in [0.25, 0.3) is 0 Å². The van der Waals surface area contributed by atoms with Crippen molar-refractivity contribution in [3.05, 3.63) is 29.3 Å². The Hall–Kier alpha value is -1.52. The molecule has 7 heteroatoms. The van der Waals surface area contributed by atoms with Crippen LogP contribution in [-0.2, 0) is 10.0 Å². The number of hydrogen-bond donors (Lipinski definition) is 0. The van der Waals surface area contributed by atoms with Crippen molar-refractivity contribution in [1.82, 2.24) is 4.31 Å². The minimum Gasteiger partial charge on any atom is -0.207 e. The molecule has 0 aliphatic heterocycles. The number of benzene rings is 1. The Morgan fingerprint density at radius 1 is 1.35 bits per heavy atom. The number of halogens is 2. The topological polar surface area (TPSA) is 61.2 Å². The van der Waals surface area contributed by atoms with Gasteiger partial charge in [-0.25, -0.2) is 21.5 Å². The summed E-state index contributed by atoms with van der Waals surface area (Å²) in [5, 5.41) is 8.83. The Balaban J connectivity index is 3.58. The lowest BCUT2D eigenvalue weighted by Crippen LogP contribution is -2.23. The van der Waals surface area contributed by atoms with Gasteiger partial charge in [0.15, 0.2) is 0 Å². The summed E-state index contributed by atoms with van der Waals surface area (Å²) in [7, 11) is -1.36. The van der Waals surface area contributed by atoms with Gasteiger partial charge >= 0.3 is 0 Å². The normalized spacial score (nSPS) is 11.8. The van der Waals surface area contributed by atoms with Crippen LogP contribution in [0.5, 0.6) is 0 Å². The smallest absolute Gasteiger partial charge is 0.207 e. The van der Waals surface area contributed by atoms with Crippen molar-refractivity contribution in [2.75, 3.05) is 14.1 Å². The predicted octanol–water partition coefficient (Wildman–Crippen LogP) is 1.75. The molecule has 0 unspecified atom stereocenters. The van der Waals surface area contributed by atoms with Gasteiger partial charge in [0.25, 0.3) is 6.43 Å². The van der Waals surface area contributed by atoms with Crippen molar-refractivity contribution in [3.8, 4) is 6.07 Å². The average Bonchev–Trinajstić information content (AvgIpc) is 2.27. The summed E-state index contributed by atoms with van der Waals surface area (Å²) in [6.45, 7) is 0. The van der Waals surface area contributed by atoms with E-state index in [9.17, 15) is 17.2 Å². The standard InChI is InChI=1S/C10H10F2N2O2S/c1-14(2)17(15,16)9-5-3-4-7(10(11)12)8(9)6-13/h3-5,10H,1-2H3. The Kier molecular flexibility index (Phi) is 3.80. The first-order valence-electron chi connectivity index (χ1n) is 4.56. The lowest BCUT2D eigenvalue weighted by molar-refractivity contribution is 0.150. The van der Waals surface area contributed by atoms with Crippen LogP contribution >= 0.6 is 0 Å². The van der Waals surface area contributed by atoms with Crippen LogP contribution in [0.4, 0.5) is 8.78 Å². The van der Waals surface area contributed by atoms with Crippen molar-refractivity contribution in [2.45, 2.75) is 11.3 Å². The molecule has 1 aromatic rings. The van der Waals surface area contributed by atoms with Gasteiger partial charge in [-0.2, -0.15) is 5.26 Å². The molecule has 0 aliphatic carbocycles. The number of rotatable bonds is 3. The van der Waals surface area contributed by atoms with Crippen molar-refractivity contribution >= 4 is 10.0 Å². The molecule has 1 rings (SSSR count). The number of sulfonamides is 1. The van der Waals surface area contributed by atoms with E-state index < -0.39 is 32.5 Å². The van der Waals surface area contributed by atoms with Gasteiger partial charge in [-0.1, -0.05) is 12.1 Å². The first kappa shape index (κ1) is 13.5. The van der Waals surface area contributed by atoms with E-state index in [1.165, 1.54) is 26.2 Å². The fraction of sp³-hybridized carbons (Fsp3) is 0.300. The molecule has 0 spiro atoms. The van der Waals surface area contributed by atoms with Crippen molar-refractivity contribution in [3.63, 3.8) is 0 Å². The summed E-state index contributed by atoms with van der Waals surface area (Å²) in [6, 6.07) is 4.89. The van der Waals surface area contributed by atoms with Gasteiger partial charge in [0.05, 0.1) is 5.56 Å². The van der Waals surface area contributed by atoms with E-state index in [-0.39, 0.29) is 0 Å². The second kappa shape index (κ2) is 4.77. The summed E-state index contributed by atoms with van der Waals surface area (Å²) in [4.78, 5) is -0.400. The third-order valence-electron chi connectivity index (χ3n) is 2.16. The molecule has 0 aliphatic rings. The van der Waals surface area contributed by atoms with Crippen LogP contribution in [0.2, 0.25) is 0 Å². The molecule has 0 amide bonds. The van der Waals surface area contributed by atoms with Crippen molar-refractivity contribution in [1.29, 1.82) is 5.26 Å². The third-order valence-corrected chi connectivity index (χ3v) is 4.02. The quantitative estimate of drug-likeness (QED) is 0.831. The maximum absolute atomic E-state index is 12.6. The molecule has 17 heavy (non-hydrogen) atoms. The fourth-order valence-electron chi connectivity index (χ4n) is 1.26. The predicted molar refractivity (Wildman–Crippen MR) is 57.0 cm³/mol. The maximum Gasteiger partial charge on any atom is 0.265 e. The minimum absolute atomic E-state index is 0.400. The lowest BCUT2D eigenvalue weighted by Gasteiger charge is -2.14. The van der Waals surface area contributed by atoms with E-state index in [1.807, 2.05) is 0 Å². The fourth-order valence-corrected chi connectivity index (χ4v) is 2.33. The maximum atomic E-state index is 12.6. The molecule has 0 N–H and O–H groups in total. The number of hydrogen-bond acceptors (Lipinski definition) is 3. The largest absolute Gasteiger partial charge is 0.265 e. The van der Waals surface area contributed by atoms with Gasteiger partial charge in [-0.05, 0) is 6.07 Å². The van der Waals surface area contributed by atoms with Crippen molar-refractivity contribution < 1.29 is 17.2 Å². The second-order valence-electron chi connectivity index (χ2n) is 3.42. The van der Waals surface area contributed by atoms with E-state index in [0.717, 1.165) is 16.4 Å². The average molecular weight is 260 g/mol. The van der Waals surface area contributed by atoms with E-state index in [2.05, 4.69) is 0 Å². The highest BCUT2D eigenvalue weighted by Gasteiger charge is 2.25. The Bertz CT molecular complexity index is 562. The zero-order valence-electron chi connectivity index (χ0n) is 9.18. The van der Waals surface area contributed by atoms with Crippen LogP contribution in [0.3, 0.4) is 0 Å². The third kappa shape index (κ3) is 2.43. The zero-order chi connectivity index (χ0) is 13.2. The van der Waals surface area contributed by atoms with E-state index >= 15 is 0 Å². The Labute approximate surface area is 98.1 Å². The highest BCUT2D eigenvalue weighted by Crippen LogP contribution is 2.28. The molecule has 0 fully saturated rings. The molecule has 0 radical (unpaired) electrons. The summed E-state index contributed by atoms with van der Waals surface area (Å²) >= 11 is 0. The SMILES string of the molecule is CN(C)S(=O)(=O)c1cccc(C(F)F)c1C#N. The van der Waals surface area contributed by atoms with Gasteiger partial charge in [0.1, 0.15) is 11.0 Å². The molecule has 0 heterocycles. The minimum atomic E-state index is -3.90. The first-order chi connectivity index (χ1) is 7.82.